The van der Waals surface area contributed by atoms with Gasteiger partial charge in [-0.15, -0.1) is 0 Å². The van der Waals surface area contributed by atoms with E-state index in [0.29, 0.717) is 12.8 Å². The molecule has 1 atom stereocenters. The lowest BCUT2D eigenvalue weighted by Gasteiger charge is -2.09. The number of hydrogen-bond donors (Lipinski definition) is 2. The van der Waals surface area contributed by atoms with Gasteiger partial charge in [0.1, 0.15) is 5.82 Å². The molecule has 1 aromatic carbocycles. The van der Waals surface area contributed by atoms with E-state index in [1.54, 1.807) is 0 Å². The smallest absolute Gasteiger partial charge is 0.106 e. The third kappa shape index (κ3) is 2.33. The summed E-state index contributed by atoms with van der Waals surface area (Å²) in [7, 11) is 1.98. The van der Waals surface area contributed by atoms with Crippen LogP contribution in [0.1, 0.15) is 30.3 Å². The lowest BCUT2D eigenvalue weighted by atomic mass is 10.0. The molecule has 0 amide bonds. The summed E-state index contributed by atoms with van der Waals surface area (Å²) >= 11 is 0. The molecule has 0 aliphatic heterocycles. The minimum absolute atomic E-state index is 0.113. The molecule has 1 unspecified atom stereocenters. The predicted molar refractivity (Wildman–Crippen MR) is 66.7 cm³/mol. The van der Waals surface area contributed by atoms with E-state index in [4.69, 9.17) is 5.11 Å². The number of aliphatic hydroxyl groups is 2. The number of nitrogens with zero attached hydrogens (tertiary/aromatic N) is 2. The summed E-state index contributed by atoms with van der Waals surface area (Å²) in [4.78, 5) is 4.44. The Hall–Kier alpha value is -1.39. The Kier molecular flexibility index (Phi) is 3.45. The van der Waals surface area contributed by atoms with Crippen LogP contribution >= 0.6 is 0 Å². The van der Waals surface area contributed by atoms with Gasteiger partial charge in [0.25, 0.3) is 0 Å². The third-order valence-corrected chi connectivity index (χ3v) is 3.15. The van der Waals surface area contributed by atoms with Crippen LogP contribution in [0, 0.1) is 6.92 Å². The highest BCUT2D eigenvalue weighted by atomic mass is 16.3. The molecule has 4 nitrogen and oxygen atoms in total. The molecule has 0 aliphatic rings. The third-order valence-electron chi connectivity index (χ3n) is 3.15. The minimum atomic E-state index is -0.520. The van der Waals surface area contributed by atoms with E-state index < -0.39 is 6.10 Å². The molecular weight excluding hydrogens is 216 g/mol. The summed E-state index contributed by atoms with van der Waals surface area (Å²) in [5, 5.41) is 18.7. The molecule has 1 aromatic heterocycles. The molecule has 0 radical (unpaired) electrons. The first-order valence-corrected chi connectivity index (χ1v) is 5.85. The molecule has 4 heteroatoms. The van der Waals surface area contributed by atoms with Crippen molar-refractivity contribution >= 4 is 11.0 Å². The highest BCUT2D eigenvalue weighted by Crippen LogP contribution is 2.23. The lowest BCUT2D eigenvalue weighted by molar-refractivity contribution is 0.152. The van der Waals surface area contributed by atoms with Crippen molar-refractivity contribution < 1.29 is 10.2 Å². The van der Waals surface area contributed by atoms with Crippen LogP contribution < -0.4 is 0 Å². The molecule has 1 heterocycles. The van der Waals surface area contributed by atoms with E-state index in [1.807, 2.05) is 36.7 Å². The summed E-state index contributed by atoms with van der Waals surface area (Å²) in [6.07, 6.45) is 0.669. The number of hydrogen-bond acceptors (Lipinski definition) is 3. The SMILES string of the molecule is Cc1nc2cc(C(O)CCCO)ccc2n1C. The summed E-state index contributed by atoms with van der Waals surface area (Å²) < 4.78 is 2.03. The van der Waals surface area contributed by atoms with Crippen molar-refractivity contribution in [3.8, 4) is 0 Å². The first kappa shape index (κ1) is 12.1. The Morgan fingerprint density at radius 3 is 2.88 bits per heavy atom. The fourth-order valence-electron chi connectivity index (χ4n) is 2.00. The summed E-state index contributed by atoms with van der Waals surface area (Å²) in [5.41, 5.74) is 2.84. The van der Waals surface area contributed by atoms with Gasteiger partial charge in [0.15, 0.2) is 0 Å². The molecule has 0 saturated carbocycles. The van der Waals surface area contributed by atoms with Crippen molar-refractivity contribution in [2.75, 3.05) is 6.61 Å². The molecule has 2 rings (SSSR count). The zero-order valence-electron chi connectivity index (χ0n) is 10.2. The Bertz CT molecular complexity index is 519. The Labute approximate surface area is 101 Å². The van der Waals surface area contributed by atoms with Crippen molar-refractivity contribution in [1.29, 1.82) is 0 Å². The zero-order chi connectivity index (χ0) is 12.4. The first-order valence-electron chi connectivity index (χ1n) is 5.85. The van der Waals surface area contributed by atoms with Crippen molar-refractivity contribution in [3.05, 3.63) is 29.6 Å². The van der Waals surface area contributed by atoms with Crippen LogP contribution in [0.5, 0.6) is 0 Å². The molecule has 0 spiro atoms. The topological polar surface area (TPSA) is 58.3 Å². The number of fused-ring (bicyclic) bond motifs is 1. The maximum atomic E-state index is 9.94. The summed E-state index contributed by atoms with van der Waals surface area (Å²) in [6, 6.07) is 5.82. The number of benzene rings is 1. The molecule has 0 aliphatic carbocycles. The molecule has 0 bridgehead atoms. The van der Waals surface area contributed by atoms with Crippen LogP contribution in [0.2, 0.25) is 0 Å². The van der Waals surface area contributed by atoms with Crippen LogP contribution in [0.15, 0.2) is 18.2 Å². The minimum Gasteiger partial charge on any atom is -0.396 e. The zero-order valence-corrected chi connectivity index (χ0v) is 10.2. The largest absolute Gasteiger partial charge is 0.396 e. The number of aromatic nitrogens is 2. The highest BCUT2D eigenvalue weighted by Gasteiger charge is 2.10. The van der Waals surface area contributed by atoms with Crippen molar-refractivity contribution in [2.45, 2.75) is 25.9 Å². The Morgan fingerprint density at radius 1 is 1.41 bits per heavy atom. The first-order chi connectivity index (χ1) is 8.13. The van der Waals surface area contributed by atoms with Gasteiger partial charge in [-0.2, -0.15) is 0 Å². The molecule has 17 heavy (non-hydrogen) atoms. The predicted octanol–water partition coefficient (Wildman–Crippen LogP) is 1.69. The summed E-state index contributed by atoms with van der Waals surface area (Å²) in [6.45, 7) is 2.07. The van der Waals surface area contributed by atoms with Crippen LogP contribution in [-0.2, 0) is 7.05 Å². The van der Waals surface area contributed by atoms with E-state index in [-0.39, 0.29) is 6.61 Å². The Balaban J connectivity index is 2.31. The van der Waals surface area contributed by atoms with Crippen molar-refractivity contribution in [2.24, 2.45) is 7.05 Å². The highest BCUT2D eigenvalue weighted by molar-refractivity contribution is 5.76. The van der Waals surface area contributed by atoms with Crippen molar-refractivity contribution in [1.82, 2.24) is 9.55 Å². The number of aryl methyl sites for hydroxylation is 2. The van der Waals surface area contributed by atoms with Gasteiger partial charge in [-0.3, -0.25) is 0 Å². The van der Waals surface area contributed by atoms with Gasteiger partial charge in [0.05, 0.1) is 17.1 Å². The van der Waals surface area contributed by atoms with Crippen LogP contribution in [0.4, 0.5) is 0 Å². The quantitative estimate of drug-likeness (QED) is 0.846. The van der Waals surface area contributed by atoms with Gasteiger partial charge in [-0.05, 0) is 37.5 Å². The van der Waals surface area contributed by atoms with Gasteiger partial charge in [-0.25, -0.2) is 4.98 Å². The van der Waals surface area contributed by atoms with E-state index in [2.05, 4.69) is 4.98 Å². The number of rotatable bonds is 4. The standard InChI is InChI=1S/C13H18N2O2/c1-9-14-11-8-10(13(17)4-3-7-16)5-6-12(11)15(9)2/h5-6,8,13,16-17H,3-4,7H2,1-2H3. The van der Waals surface area contributed by atoms with Gasteiger partial charge in [0, 0.05) is 13.7 Å². The average molecular weight is 234 g/mol. The molecule has 0 saturated heterocycles. The molecule has 2 aromatic rings. The second-order valence-electron chi connectivity index (χ2n) is 4.35. The average Bonchev–Trinajstić information content (AvgIpc) is 2.61. The normalized spacial score (nSPS) is 13.2. The number of imidazole rings is 1. The second-order valence-corrected chi connectivity index (χ2v) is 4.35. The molecular formula is C13H18N2O2. The van der Waals surface area contributed by atoms with E-state index in [0.717, 1.165) is 22.4 Å². The van der Waals surface area contributed by atoms with Crippen molar-refractivity contribution in [3.63, 3.8) is 0 Å². The van der Waals surface area contributed by atoms with Gasteiger partial charge in [0.2, 0.25) is 0 Å². The Morgan fingerprint density at radius 2 is 2.18 bits per heavy atom. The molecule has 0 fully saturated rings. The summed E-state index contributed by atoms with van der Waals surface area (Å²) in [5.74, 6) is 0.960. The molecule has 2 N–H and O–H groups in total. The van der Waals surface area contributed by atoms with E-state index >= 15 is 0 Å². The van der Waals surface area contributed by atoms with Gasteiger partial charge in [-0.1, -0.05) is 6.07 Å². The monoisotopic (exact) mass is 234 g/mol. The molecule has 92 valence electrons. The maximum Gasteiger partial charge on any atom is 0.106 e. The van der Waals surface area contributed by atoms with Crippen LogP contribution in [0.25, 0.3) is 11.0 Å². The number of aliphatic hydroxyl groups excluding tert-OH is 2. The van der Waals surface area contributed by atoms with Crippen LogP contribution in [-0.4, -0.2) is 26.4 Å². The van der Waals surface area contributed by atoms with E-state index in [9.17, 15) is 5.11 Å². The van der Waals surface area contributed by atoms with E-state index in [1.165, 1.54) is 0 Å². The van der Waals surface area contributed by atoms with Gasteiger partial charge >= 0.3 is 0 Å². The second kappa shape index (κ2) is 4.85. The lowest BCUT2D eigenvalue weighted by Crippen LogP contribution is -1.99. The van der Waals surface area contributed by atoms with Gasteiger partial charge < -0.3 is 14.8 Å². The van der Waals surface area contributed by atoms with Crippen LogP contribution in [0.3, 0.4) is 0 Å². The fourth-order valence-corrected chi connectivity index (χ4v) is 2.00. The fraction of sp³-hybridized carbons (Fsp3) is 0.462. The maximum absolute atomic E-state index is 9.94.